The molecule has 0 unspecified atom stereocenters. The van der Waals surface area contributed by atoms with Gasteiger partial charge in [-0.15, -0.1) is 12.4 Å². The van der Waals surface area contributed by atoms with Gasteiger partial charge in [-0.1, -0.05) is 19.1 Å². The molecule has 0 amide bonds. The third-order valence-electron chi connectivity index (χ3n) is 4.37. The van der Waals surface area contributed by atoms with Crippen molar-refractivity contribution >= 4 is 29.1 Å². The van der Waals surface area contributed by atoms with Gasteiger partial charge in [-0.25, -0.2) is 4.98 Å². The number of fused-ring (bicyclic) bond motifs is 1. The van der Waals surface area contributed by atoms with Gasteiger partial charge in [-0.05, 0) is 43.0 Å². The normalized spacial score (nSPS) is 15.1. The van der Waals surface area contributed by atoms with Gasteiger partial charge < -0.3 is 10.2 Å². The average molecular weight is 306 g/mol. The summed E-state index contributed by atoms with van der Waals surface area (Å²) in [4.78, 5) is 7.46. The molecule has 4 heteroatoms. The van der Waals surface area contributed by atoms with Crippen LogP contribution in [0.2, 0.25) is 0 Å². The lowest BCUT2D eigenvalue weighted by Gasteiger charge is -2.30. The number of aromatic nitrogens is 1. The molecule has 0 spiro atoms. The molecule has 0 radical (unpaired) electrons. The number of hydrogen-bond donors (Lipinski definition) is 1. The van der Waals surface area contributed by atoms with Crippen LogP contribution in [0.15, 0.2) is 18.2 Å². The Labute approximate surface area is 133 Å². The van der Waals surface area contributed by atoms with Crippen LogP contribution in [0.25, 0.3) is 10.9 Å². The fraction of sp³-hybridized carbons (Fsp3) is 0.471. The van der Waals surface area contributed by atoms with Crippen molar-refractivity contribution in [2.45, 2.75) is 27.2 Å². The second-order valence-electron chi connectivity index (χ2n) is 5.64. The quantitative estimate of drug-likeness (QED) is 0.923. The average Bonchev–Trinajstić information content (AvgIpc) is 2.51. The third kappa shape index (κ3) is 2.99. The van der Waals surface area contributed by atoms with Crippen LogP contribution in [0, 0.1) is 13.8 Å². The second kappa shape index (κ2) is 6.63. The standard InChI is InChI=1S/C17H23N3.ClH/c1-4-14-11-15-6-5-12(2)13(3)16(15)19-17(14)20-9-7-18-8-10-20;/h5-6,11,18H,4,7-10H2,1-3H3;1H. The van der Waals surface area contributed by atoms with Gasteiger partial charge in [-0.3, -0.25) is 0 Å². The summed E-state index contributed by atoms with van der Waals surface area (Å²) in [5, 5.41) is 4.68. The fourth-order valence-corrected chi connectivity index (χ4v) is 2.93. The molecule has 3 rings (SSSR count). The van der Waals surface area contributed by atoms with Crippen LogP contribution in [0.5, 0.6) is 0 Å². The minimum Gasteiger partial charge on any atom is -0.354 e. The monoisotopic (exact) mass is 305 g/mol. The van der Waals surface area contributed by atoms with Crippen LogP contribution >= 0.6 is 12.4 Å². The fourth-order valence-electron chi connectivity index (χ4n) is 2.93. The molecule has 1 aromatic carbocycles. The van der Waals surface area contributed by atoms with Gasteiger partial charge in [0.2, 0.25) is 0 Å². The highest BCUT2D eigenvalue weighted by molar-refractivity contribution is 5.86. The van der Waals surface area contributed by atoms with Crippen LogP contribution in [0.4, 0.5) is 5.82 Å². The van der Waals surface area contributed by atoms with Crippen LogP contribution in [-0.4, -0.2) is 31.2 Å². The maximum Gasteiger partial charge on any atom is 0.132 e. The first-order valence-corrected chi connectivity index (χ1v) is 7.56. The Bertz CT molecular complexity index is 633. The van der Waals surface area contributed by atoms with E-state index in [-0.39, 0.29) is 12.4 Å². The lowest BCUT2D eigenvalue weighted by molar-refractivity contribution is 0.584. The Hall–Kier alpha value is -1.32. The largest absolute Gasteiger partial charge is 0.354 e. The van der Waals surface area contributed by atoms with Crippen LogP contribution in [0.3, 0.4) is 0 Å². The van der Waals surface area contributed by atoms with Crippen LogP contribution in [-0.2, 0) is 6.42 Å². The number of nitrogens with zero attached hydrogens (tertiary/aromatic N) is 2. The van der Waals surface area contributed by atoms with E-state index in [2.05, 4.69) is 49.2 Å². The lowest BCUT2D eigenvalue weighted by atomic mass is 10.0. The van der Waals surface area contributed by atoms with Crippen molar-refractivity contribution in [3.8, 4) is 0 Å². The Kier molecular flexibility index (Phi) is 5.07. The van der Waals surface area contributed by atoms with E-state index in [4.69, 9.17) is 4.98 Å². The summed E-state index contributed by atoms with van der Waals surface area (Å²) in [6.45, 7) is 10.8. The molecule has 0 bridgehead atoms. The summed E-state index contributed by atoms with van der Waals surface area (Å²) in [5.74, 6) is 1.19. The zero-order chi connectivity index (χ0) is 14.1. The number of hydrogen-bond acceptors (Lipinski definition) is 3. The molecule has 1 aliphatic heterocycles. The van der Waals surface area contributed by atoms with Crippen molar-refractivity contribution in [2.75, 3.05) is 31.1 Å². The van der Waals surface area contributed by atoms with Crippen molar-refractivity contribution in [3.05, 3.63) is 34.9 Å². The molecule has 0 saturated carbocycles. The molecule has 2 heterocycles. The molecule has 2 aromatic rings. The van der Waals surface area contributed by atoms with E-state index < -0.39 is 0 Å². The topological polar surface area (TPSA) is 28.2 Å². The molecule has 0 aliphatic carbocycles. The molecule has 1 N–H and O–H groups in total. The van der Waals surface area contributed by atoms with E-state index >= 15 is 0 Å². The summed E-state index contributed by atoms with van der Waals surface area (Å²) in [6, 6.07) is 6.72. The van der Waals surface area contributed by atoms with E-state index in [0.29, 0.717) is 0 Å². The first-order valence-electron chi connectivity index (χ1n) is 7.56. The SMILES string of the molecule is CCc1cc2ccc(C)c(C)c2nc1N1CCNCC1.Cl. The van der Waals surface area contributed by atoms with E-state index in [9.17, 15) is 0 Å². The Morgan fingerprint density at radius 1 is 1.19 bits per heavy atom. The highest BCUT2D eigenvalue weighted by Gasteiger charge is 2.16. The number of piperazine rings is 1. The molecular weight excluding hydrogens is 282 g/mol. The maximum absolute atomic E-state index is 5.03. The smallest absolute Gasteiger partial charge is 0.132 e. The Morgan fingerprint density at radius 2 is 1.90 bits per heavy atom. The van der Waals surface area contributed by atoms with Gasteiger partial charge >= 0.3 is 0 Å². The second-order valence-corrected chi connectivity index (χ2v) is 5.64. The minimum atomic E-state index is 0. The van der Waals surface area contributed by atoms with E-state index in [0.717, 1.165) is 38.1 Å². The molecular formula is C17H24ClN3. The minimum absolute atomic E-state index is 0. The molecule has 21 heavy (non-hydrogen) atoms. The molecule has 3 nitrogen and oxygen atoms in total. The van der Waals surface area contributed by atoms with E-state index in [1.807, 2.05) is 0 Å². The number of rotatable bonds is 2. The zero-order valence-corrected chi connectivity index (χ0v) is 13.9. The van der Waals surface area contributed by atoms with E-state index in [1.54, 1.807) is 0 Å². The van der Waals surface area contributed by atoms with Gasteiger partial charge in [0.05, 0.1) is 5.52 Å². The molecule has 114 valence electrons. The molecule has 1 fully saturated rings. The van der Waals surface area contributed by atoms with Gasteiger partial charge in [0.15, 0.2) is 0 Å². The number of benzene rings is 1. The third-order valence-corrected chi connectivity index (χ3v) is 4.37. The number of halogens is 1. The maximum atomic E-state index is 5.03. The summed E-state index contributed by atoms with van der Waals surface area (Å²) in [5.41, 5.74) is 5.15. The Balaban J connectivity index is 0.00000161. The lowest BCUT2D eigenvalue weighted by Crippen LogP contribution is -2.44. The number of nitrogens with one attached hydrogen (secondary N) is 1. The van der Waals surface area contributed by atoms with E-state index in [1.165, 1.54) is 27.9 Å². The van der Waals surface area contributed by atoms with Crippen molar-refractivity contribution in [3.63, 3.8) is 0 Å². The summed E-state index contributed by atoms with van der Waals surface area (Å²) in [6.07, 6.45) is 1.04. The first-order chi connectivity index (χ1) is 9.70. The summed E-state index contributed by atoms with van der Waals surface area (Å²) in [7, 11) is 0. The van der Waals surface area contributed by atoms with Gasteiger partial charge in [0, 0.05) is 31.6 Å². The van der Waals surface area contributed by atoms with Gasteiger partial charge in [0.25, 0.3) is 0 Å². The van der Waals surface area contributed by atoms with Crippen LogP contribution in [0.1, 0.15) is 23.6 Å². The Morgan fingerprint density at radius 3 is 2.57 bits per heavy atom. The number of anilines is 1. The van der Waals surface area contributed by atoms with Crippen LogP contribution < -0.4 is 10.2 Å². The first kappa shape index (κ1) is 16.1. The van der Waals surface area contributed by atoms with Crippen molar-refractivity contribution in [2.24, 2.45) is 0 Å². The molecule has 0 atom stereocenters. The van der Waals surface area contributed by atoms with Crippen molar-refractivity contribution < 1.29 is 0 Å². The number of pyridine rings is 1. The number of aryl methyl sites for hydroxylation is 3. The predicted molar refractivity (Wildman–Crippen MR) is 92.9 cm³/mol. The molecule has 1 saturated heterocycles. The molecule has 1 aromatic heterocycles. The molecule has 1 aliphatic rings. The predicted octanol–water partition coefficient (Wildman–Crippen LogP) is 3.25. The zero-order valence-electron chi connectivity index (χ0n) is 13.1. The van der Waals surface area contributed by atoms with Crippen molar-refractivity contribution in [1.29, 1.82) is 0 Å². The van der Waals surface area contributed by atoms with Gasteiger partial charge in [-0.2, -0.15) is 0 Å². The highest BCUT2D eigenvalue weighted by Crippen LogP contribution is 2.27. The van der Waals surface area contributed by atoms with Gasteiger partial charge in [0.1, 0.15) is 5.82 Å². The summed E-state index contributed by atoms with van der Waals surface area (Å²) >= 11 is 0. The van der Waals surface area contributed by atoms with Crippen molar-refractivity contribution in [1.82, 2.24) is 10.3 Å². The summed E-state index contributed by atoms with van der Waals surface area (Å²) < 4.78 is 0. The highest BCUT2D eigenvalue weighted by atomic mass is 35.5.